The second-order valence-corrected chi connectivity index (χ2v) is 8.14. The van der Waals surface area contributed by atoms with E-state index in [9.17, 15) is 9.59 Å². The van der Waals surface area contributed by atoms with Gasteiger partial charge in [-0.25, -0.2) is 0 Å². The Morgan fingerprint density at radius 3 is 2.38 bits per heavy atom. The van der Waals surface area contributed by atoms with Gasteiger partial charge in [-0.2, -0.15) is 0 Å². The molecule has 5 heteroatoms. The Hall–Kier alpha value is -2.66. The van der Waals surface area contributed by atoms with Gasteiger partial charge in [-0.3, -0.25) is 14.5 Å². The summed E-state index contributed by atoms with van der Waals surface area (Å²) in [6.07, 6.45) is 0.396. The number of amides is 2. The number of benzene rings is 2. The first kappa shape index (κ1) is 19.6. The predicted octanol–water partition coefficient (Wildman–Crippen LogP) is 3.25. The molecule has 1 unspecified atom stereocenters. The second kappa shape index (κ2) is 8.37. The van der Waals surface area contributed by atoms with Crippen molar-refractivity contribution in [2.24, 2.45) is 0 Å². The van der Waals surface area contributed by atoms with Crippen LogP contribution in [0.5, 0.6) is 0 Å². The minimum absolute atomic E-state index is 0.0464. The average Bonchev–Trinajstić information content (AvgIpc) is 3.08. The molecule has 2 aromatic rings. The molecule has 5 nitrogen and oxygen atoms in total. The smallest absolute Gasteiger partial charge is 0.254 e. The first-order chi connectivity index (χ1) is 14.0. The van der Waals surface area contributed by atoms with Gasteiger partial charge in [0.15, 0.2) is 0 Å². The molecule has 152 valence electrons. The van der Waals surface area contributed by atoms with Crippen LogP contribution >= 0.6 is 0 Å². The Kier molecular flexibility index (Phi) is 5.67. The Morgan fingerprint density at radius 2 is 1.69 bits per heavy atom. The Bertz CT molecular complexity index is 885. The molecular formula is C24H29N3O2. The average molecular weight is 392 g/mol. The van der Waals surface area contributed by atoms with Crippen molar-refractivity contribution < 1.29 is 9.59 Å². The Balaban J connectivity index is 1.25. The zero-order valence-corrected chi connectivity index (χ0v) is 17.3. The van der Waals surface area contributed by atoms with Crippen LogP contribution in [0.1, 0.15) is 46.4 Å². The number of fused-ring (bicyclic) bond motifs is 1. The molecule has 0 aromatic heterocycles. The molecule has 1 fully saturated rings. The number of hydrogen-bond donors (Lipinski definition) is 0. The normalized spacial score (nSPS) is 18.1. The van der Waals surface area contributed by atoms with Crippen LogP contribution in [-0.2, 0) is 11.3 Å². The fraction of sp³-hybridized carbons (Fsp3) is 0.417. The molecule has 1 saturated heterocycles. The van der Waals surface area contributed by atoms with E-state index >= 15 is 0 Å². The van der Waals surface area contributed by atoms with E-state index in [-0.39, 0.29) is 11.8 Å². The van der Waals surface area contributed by atoms with Gasteiger partial charge in [0.1, 0.15) is 0 Å². The van der Waals surface area contributed by atoms with E-state index in [2.05, 4.69) is 43.0 Å². The van der Waals surface area contributed by atoms with Crippen molar-refractivity contribution in [2.75, 3.05) is 32.7 Å². The van der Waals surface area contributed by atoms with Gasteiger partial charge < -0.3 is 9.80 Å². The summed E-state index contributed by atoms with van der Waals surface area (Å²) in [5, 5.41) is 0. The fourth-order valence-corrected chi connectivity index (χ4v) is 4.30. The van der Waals surface area contributed by atoms with Gasteiger partial charge in [-0.1, -0.05) is 48.0 Å². The third-order valence-electron chi connectivity index (χ3n) is 6.27. The lowest BCUT2D eigenvalue weighted by molar-refractivity contribution is -0.133. The minimum Gasteiger partial charge on any atom is -0.340 e. The molecule has 2 aliphatic rings. The maximum absolute atomic E-state index is 12.7. The maximum atomic E-state index is 12.7. The first-order valence-corrected chi connectivity index (χ1v) is 10.5. The molecule has 0 N–H and O–H groups in total. The van der Waals surface area contributed by atoms with Crippen molar-refractivity contribution in [3.05, 3.63) is 70.8 Å². The molecule has 2 amide bonds. The lowest BCUT2D eigenvalue weighted by Gasteiger charge is -2.38. The van der Waals surface area contributed by atoms with Crippen LogP contribution in [0.15, 0.2) is 48.5 Å². The molecule has 0 spiro atoms. The molecule has 2 aliphatic heterocycles. The predicted molar refractivity (Wildman–Crippen MR) is 114 cm³/mol. The summed E-state index contributed by atoms with van der Waals surface area (Å²) < 4.78 is 0. The van der Waals surface area contributed by atoms with Crippen molar-refractivity contribution in [3.8, 4) is 0 Å². The SMILES string of the molecule is Cc1ccc(C(C)N2CCN(C(=O)CCN3Cc4ccccc4C3=O)CC2)cc1. The fourth-order valence-electron chi connectivity index (χ4n) is 4.30. The third kappa shape index (κ3) is 4.20. The van der Waals surface area contributed by atoms with Gasteiger partial charge in [-0.15, -0.1) is 0 Å². The lowest BCUT2D eigenvalue weighted by Crippen LogP contribution is -2.49. The Morgan fingerprint density at radius 1 is 1.00 bits per heavy atom. The Labute approximate surface area is 172 Å². The molecule has 2 heterocycles. The summed E-state index contributed by atoms with van der Waals surface area (Å²) >= 11 is 0. The summed E-state index contributed by atoms with van der Waals surface area (Å²) in [7, 11) is 0. The van der Waals surface area contributed by atoms with Gasteiger partial charge in [0, 0.05) is 57.3 Å². The number of rotatable bonds is 5. The summed E-state index contributed by atoms with van der Waals surface area (Å²) in [4.78, 5) is 31.3. The summed E-state index contributed by atoms with van der Waals surface area (Å²) in [5.41, 5.74) is 4.43. The van der Waals surface area contributed by atoms with Crippen LogP contribution in [0.3, 0.4) is 0 Å². The number of carbonyl (C=O) groups is 2. The first-order valence-electron chi connectivity index (χ1n) is 10.5. The standard InChI is InChI=1S/C24H29N3O2/c1-18-7-9-20(10-8-18)19(2)25-13-15-26(16-14-25)23(28)11-12-27-17-21-5-3-4-6-22(21)24(27)29/h3-10,19H,11-17H2,1-2H3. The highest BCUT2D eigenvalue weighted by Gasteiger charge is 2.29. The topological polar surface area (TPSA) is 43.9 Å². The van der Waals surface area contributed by atoms with Crippen LogP contribution < -0.4 is 0 Å². The van der Waals surface area contributed by atoms with Crippen molar-refractivity contribution in [1.82, 2.24) is 14.7 Å². The number of nitrogens with zero attached hydrogens (tertiary/aromatic N) is 3. The molecule has 2 aromatic carbocycles. The zero-order valence-electron chi connectivity index (χ0n) is 17.3. The molecule has 1 atom stereocenters. The van der Waals surface area contributed by atoms with Gasteiger partial charge in [0.2, 0.25) is 5.91 Å². The van der Waals surface area contributed by atoms with Crippen molar-refractivity contribution in [3.63, 3.8) is 0 Å². The van der Waals surface area contributed by atoms with Crippen LogP contribution in [0.2, 0.25) is 0 Å². The zero-order chi connectivity index (χ0) is 20.4. The van der Waals surface area contributed by atoms with Crippen molar-refractivity contribution >= 4 is 11.8 Å². The summed E-state index contributed by atoms with van der Waals surface area (Å²) in [5.74, 6) is 0.196. The van der Waals surface area contributed by atoms with Crippen molar-refractivity contribution in [1.29, 1.82) is 0 Å². The van der Waals surface area contributed by atoms with E-state index in [0.29, 0.717) is 25.6 Å². The number of aryl methyl sites for hydroxylation is 1. The summed E-state index contributed by atoms with van der Waals surface area (Å²) in [6.45, 7) is 8.72. The van der Waals surface area contributed by atoms with Gasteiger partial charge in [0.05, 0.1) is 0 Å². The number of carbonyl (C=O) groups excluding carboxylic acids is 2. The van der Waals surface area contributed by atoms with E-state index in [1.165, 1.54) is 11.1 Å². The van der Waals surface area contributed by atoms with E-state index in [0.717, 1.165) is 37.3 Å². The number of hydrogen-bond acceptors (Lipinski definition) is 3. The maximum Gasteiger partial charge on any atom is 0.254 e. The van der Waals surface area contributed by atoms with E-state index in [4.69, 9.17) is 0 Å². The molecule has 0 aliphatic carbocycles. The minimum atomic E-state index is 0.0464. The number of piperazine rings is 1. The molecule has 0 radical (unpaired) electrons. The lowest BCUT2D eigenvalue weighted by atomic mass is 10.0. The molecule has 0 saturated carbocycles. The van der Waals surface area contributed by atoms with Gasteiger partial charge >= 0.3 is 0 Å². The van der Waals surface area contributed by atoms with Crippen LogP contribution in [0, 0.1) is 6.92 Å². The van der Waals surface area contributed by atoms with Gasteiger partial charge in [-0.05, 0) is 31.0 Å². The molecule has 4 rings (SSSR count). The van der Waals surface area contributed by atoms with Crippen molar-refractivity contribution in [2.45, 2.75) is 32.9 Å². The molecule has 0 bridgehead atoms. The van der Waals surface area contributed by atoms with Crippen LogP contribution in [0.4, 0.5) is 0 Å². The van der Waals surface area contributed by atoms with E-state index in [1.807, 2.05) is 29.2 Å². The monoisotopic (exact) mass is 391 g/mol. The highest BCUT2D eigenvalue weighted by molar-refractivity contribution is 5.98. The van der Waals surface area contributed by atoms with Crippen LogP contribution in [-0.4, -0.2) is 59.2 Å². The summed E-state index contributed by atoms with van der Waals surface area (Å²) in [6, 6.07) is 16.8. The highest BCUT2D eigenvalue weighted by Crippen LogP contribution is 2.24. The third-order valence-corrected chi connectivity index (χ3v) is 6.27. The van der Waals surface area contributed by atoms with Gasteiger partial charge in [0.25, 0.3) is 5.91 Å². The second-order valence-electron chi connectivity index (χ2n) is 8.14. The molecular weight excluding hydrogens is 362 g/mol. The van der Waals surface area contributed by atoms with E-state index in [1.54, 1.807) is 4.90 Å². The largest absolute Gasteiger partial charge is 0.340 e. The van der Waals surface area contributed by atoms with E-state index < -0.39 is 0 Å². The molecule has 29 heavy (non-hydrogen) atoms. The highest BCUT2D eigenvalue weighted by atomic mass is 16.2. The quantitative estimate of drug-likeness (QED) is 0.786. The van der Waals surface area contributed by atoms with Crippen LogP contribution in [0.25, 0.3) is 0 Å².